The Bertz CT molecular complexity index is 253. The van der Waals surface area contributed by atoms with Crippen LogP contribution in [-0.4, -0.2) is 29.3 Å². The van der Waals surface area contributed by atoms with Crippen LogP contribution in [0, 0.1) is 5.92 Å². The van der Waals surface area contributed by atoms with Gasteiger partial charge in [0.05, 0.1) is 12.0 Å². The van der Waals surface area contributed by atoms with Crippen molar-refractivity contribution in [1.82, 2.24) is 0 Å². The summed E-state index contributed by atoms with van der Waals surface area (Å²) < 4.78 is 29.0. The molecule has 0 aromatic rings. The van der Waals surface area contributed by atoms with E-state index in [0.717, 1.165) is 0 Å². The van der Waals surface area contributed by atoms with Gasteiger partial charge in [0, 0.05) is 0 Å². The molecule has 0 aromatic heterocycles. The fourth-order valence-corrected chi connectivity index (χ4v) is 1.64. The Hall–Kier alpha value is -0.460. The molecule has 72 valence electrons. The van der Waals surface area contributed by atoms with Crippen LogP contribution >= 0.6 is 0 Å². The SMILES string of the molecule is CCC(C(=O)S(=O)(=O)O)C(C)O. The first-order valence-corrected chi connectivity index (χ1v) is 4.94. The molecule has 0 saturated heterocycles. The van der Waals surface area contributed by atoms with Crippen molar-refractivity contribution in [3.8, 4) is 0 Å². The summed E-state index contributed by atoms with van der Waals surface area (Å²) in [6.45, 7) is 2.86. The lowest BCUT2D eigenvalue weighted by Gasteiger charge is -2.13. The average Bonchev–Trinajstić information content (AvgIpc) is 1.86. The molecule has 0 heterocycles. The lowest BCUT2D eigenvalue weighted by Crippen LogP contribution is -2.30. The zero-order valence-electron chi connectivity index (χ0n) is 6.89. The van der Waals surface area contributed by atoms with Crippen molar-refractivity contribution in [2.75, 3.05) is 0 Å². The standard InChI is InChI=1S/C6H12O5S/c1-3-5(4(2)7)6(8)12(9,10)11/h4-5,7H,3H2,1-2H3,(H,9,10,11). The molecule has 0 radical (unpaired) electrons. The van der Waals surface area contributed by atoms with E-state index in [2.05, 4.69) is 0 Å². The topological polar surface area (TPSA) is 91.7 Å². The van der Waals surface area contributed by atoms with Gasteiger partial charge < -0.3 is 5.11 Å². The van der Waals surface area contributed by atoms with E-state index in [1.54, 1.807) is 6.92 Å². The quantitative estimate of drug-likeness (QED) is 0.610. The Morgan fingerprint density at radius 1 is 1.50 bits per heavy atom. The zero-order valence-corrected chi connectivity index (χ0v) is 7.71. The molecular weight excluding hydrogens is 184 g/mol. The molecule has 2 atom stereocenters. The van der Waals surface area contributed by atoms with E-state index in [1.807, 2.05) is 0 Å². The van der Waals surface area contributed by atoms with Gasteiger partial charge in [0.15, 0.2) is 0 Å². The van der Waals surface area contributed by atoms with Crippen LogP contribution < -0.4 is 0 Å². The number of aliphatic hydroxyl groups excluding tert-OH is 1. The molecular formula is C6H12O5S. The maximum atomic E-state index is 10.8. The van der Waals surface area contributed by atoms with Crippen molar-refractivity contribution in [2.45, 2.75) is 26.4 Å². The van der Waals surface area contributed by atoms with Gasteiger partial charge in [-0.25, -0.2) is 0 Å². The first-order chi connectivity index (χ1) is 5.30. The van der Waals surface area contributed by atoms with Crippen molar-refractivity contribution in [1.29, 1.82) is 0 Å². The van der Waals surface area contributed by atoms with Gasteiger partial charge in [0.2, 0.25) is 0 Å². The highest BCUT2D eigenvalue weighted by Crippen LogP contribution is 2.12. The summed E-state index contributed by atoms with van der Waals surface area (Å²) in [6.07, 6.45) is -0.888. The van der Waals surface area contributed by atoms with Crippen LogP contribution in [0.25, 0.3) is 0 Å². The molecule has 12 heavy (non-hydrogen) atoms. The van der Waals surface area contributed by atoms with Gasteiger partial charge in [0.25, 0.3) is 5.12 Å². The fraction of sp³-hybridized carbons (Fsp3) is 0.833. The molecule has 0 aliphatic rings. The monoisotopic (exact) mass is 196 g/mol. The summed E-state index contributed by atoms with van der Waals surface area (Å²) in [5.74, 6) is -1.04. The Morgan fingerprint density at radius 3 is 2.00 bits per heavy atom. The zero-order chi connectivity index (χ0) is 9.94. The van der Waals surface area contributed by atoms with Gasteiger partial charge in [-0.3, -0.25) is 9.35 Å². The molecule has 0 spiro atoms. The minimum atomic E-state index is -4.66. The van der Waals surface area contributed by atoms with Crippen molar-refractivity contribution < 1.29 is 22.9 Å². The summed E-state index contributed by atoms with van der Waals surface area (Å²) in [7, 11) is -4.66. The first-order valence-electron chi connectivity index (χ1n) is 3.50. The van der Waals surface area contributed by atoms with Gasteiger partial charge in [-0.2, -0.15) is 8.42 Å². The smallest absolute Gasteiger partial charge is 0.329 e. The molecule has 6 heteroatoms. The normalized spacial score (nSPS) is 17.0. The van der Waals surface area contributed by atoms with E-state index >= 15 is 0 Å². The lowest BCUT2D eigenvalue weighted by atomic mass is 10.0. The van der Waals surface area contributed by atoms with E-state index in [0.29, 0.717) is 0 Å². The Labute approximate surface area is 71.1 Å². The van der Waals surface area contributed by atoms with E-state index in [9.17, 15) is 13.2 Å². The molecule has 0 rings (SSSR count). The molecule has 0 aliphatic heterocycles. The van der Waals surface area contributed by atoms with E-state index < -0.39 is 27.3 Å². The minimum absolute atomic E-state index is 0.177. The molecule has 2 unspecified atom stereocenters. The second-order valence-corrected chi connectivity index (χ2v) is 3.90. The summed E-state index contributed by atoms with van der Waals surface area (Å²) in [5.41, 5.74) is 0. The highest BCUT2D eigenvalue weighted by molar-refractivity contribution is 8.01. The van der Waals surface area contributed by atoms with Crippen LogP contribution in [0.5, 0.6) is 0 Å². The molecule has 0 aliphatic carbocycles. The third kappa shape index (κ3) is 2.88. The third-order valence-electron chi connectivity index (χ3n) is 1.58. The highest BCUT2D eigenvalue weighted by atomic mass is 32.2. The van der Waals surface area contributed by atoms with Crippen LogP contribution in [0.4, 0.5) is 0 Å². The summed E-state index contributed by atoms with van der Waals surface area (Å²) in [6, 6.07) is 0. The fourth-order valence-electron chi connectivity index (χ4n) is 0.896. The number of hydrogen-bond acceptors (Lipinski definition) is 4. The van der Waals surface area contributed by atoms with Crippen molar-refractivity contribution in [2.24, 2.45) is 5.92 Å². The molecule has 0 aromatic carbocycles. The molecule has 0 saturated carbocycles. The lowest BCUT2D eigenvalue weighted by molar-refractivity contribution is -0.118. The number of carbonyl (C=O) groups excluding carboxylic acids is 1. The van der Waals surface area contributed by atoms with Crippen molar-refractivity contribution in [3.63, 3.8) is 0 Å². The van der Waals surface area contributed by atoms with Crippen LogP contribution in [-0.2, 0) is 14.9 Å². The predicted molar refractivity (Wildman–Crippen MR) is 42.0 cm³/mol. The van der Waals surface area contributed by atoms with Gasteiger partial charge in [-0.15, -0.1) is 0 Å². The minimum Gasteiger partial charge on any atom is -0.393 e. The highest BCUT2D eigenvalue weighted by Gasteiger charge is 2.30. The number of hydrogen-bond donors (Lipinski definition) is 2. The maximum Gasteiger partial charge on any atom is 0.329 e. The van der Waals surface area contributed by atoms with Crippen LogP contribution in [0.2, 0.25) is 0 Å². The van der Waals surface area contributed by atoms with E-state index in [-0.39, 0.29) is 6.42 Å². The molecule has 0 amide bonds. The molecule has 0 bridgehead atoms. The summed E-state index contributed by atoms with van der Waals surface area (Å²) in [4.78, 5) is 10.8. The second kappa shape index (κ2) is 3.97. The number of carbonyl (C=O) groups is 1. The first kappa shape index (κ1) is 11.5. The third-order valence-corrected chi connectivity index (χ3v) is 2.39. The Kier molecular flexibility index (Phi) is 3.82. The van der Waals surface area contributed by atoms with Crippen molar-refractivity contribution in [3.05, 3.63) is 0 Å². The van der Waals surface area contributed by atoms with Crippen molar-refractivity contribution >= 4 is 15.2 Å². The van der Waals surface area contributed by atoms with E-state index in [1.165, 1.54) is 6.92 Å². The van der Waals surface area contributed by atoms with Gasteiger partial charge in [0.1, 0.15) is 0 Å². The molecule has 2 N–H and O–H groups in total. The van der Waals surface area contributed by atoms with Crippen LogP contribution in [0.3, 0.4) is 0 Å². The van der Waals surface area contributed by atoms with Crippen LogP contribution in [0.1, 0.15) is 20.3 Å². The summed E-state index contributed by atoms with van der Waals surface area (Å²) >= 11 is 0. The van der Waals surface area contributed by atoms with E-state index in [4.69, 9.17) is 9.66 Å². The molecule has 5 nitrogen and oxygen atoms in total. The van der Waals surface area contributed by atoms with Crippen LogP contribution in [0.15, 0.2) is 0 Å². The number of aliphatic hydroxyl groups is 1. The maximum absolute atomic E-state index is 10.8. The Morgan fingerprint density at radius 2 is 1.92 bits per heavy atom. The largest absolute Gasteiger partial charge is 0.393 e. The van der Waals surface area contributed by atoms with Gasteiger partial charge in [-0.05, 0) is 13.3 Å². The second-order valence-electron chi connectivity index (χ2n) is 2.55. The summed E-state index contributed by atoms with van der Waals surface area (Å²) in [5, 5.41) is 7.63. The van der Waals surface area contributed by atoms with Gasteiger partial charge in [-0.1, -0.05) is 6.92 Å². The Balaban J connectivity index is 4.67. The predicted octanol–water partition coefficient (Wildman–Crippen LogP) is -0.192. The van der Waals surface area contributed by atoms with Gasteiger partial charge >= 0.3 is 10.1 Å². The average molecular weight is 196 g/mol. The number of rotatable bonds is 3. The molecule has 0 fully saturated rings.